The van der Waals surface area contributed by atoms with Gasteiger partial charge in [0.25, 0.3) is 0 Å². The van der Waals surface area contributed by atoms with Crippen molar-refractivity contribution >= 4 is 6.29 Å². The molecule has 154 valence electrons. The first-order chi connectivity index (χ1) is 13.1. The van der Waals surface area contributed by atoms with Crippen LogP contribution in [0.25, 0.3) is 0 Å². The van der Waals surface area contributed by atoms with Gasteiger partial charge in [-0.3, -0.25) is 4.90 Å². The Morgan fingerprint density at radius 2 is 1.89 bits per heavy atom. The maximum absolute atomic E-state index is 10.6. The largest absolute Gasteiger partial charge is 0.494 e. The Morgan fingerprint density at radius 1 is 1.22 bits per heavy atom. The summed E-state index contributed by atoms with van der Waals surface area (Å²) in [5, 5.41) is 11.3. The lowest BCUT2D eigenvalue weighted by molar-refractivity contribution is -0.115. The Morgan fingerprint density at radius 3 is 2.41 bits per heavy atom. The van der Waals surface area contributed by atoms with Crippen molar-refractivity contribution in [2.75, 3.05) is 33.3 Å². The molecule has 0 aromatic heterocycles. The molecular weight excluding hydrogens is 340 g/mol. The van der Waals surface area contributed by atoms with Crippen LogP contribution in [0.1, 0.15) is 51.5 Å². The Labute approximate surface area is 165 Å². The van der Waals surface area contributed by atoms with E-state index in [0.717, 1.165) is 44.7 Å². The Bertz CT molecular complexity index is 485. The SMILES string of the molecule is CCCCCCCOc1ccc(CN2CC(C=O)C2)cc1.CNCC(C)O. The smallest absolute Gasteiger partial charge is 0.125 e. The number of nitrogens with zero attached hydrogens (tertiary/aromatic N) is 1. The summed E-state index contributed by atoms with van der Waals surface area (Å²) in [5.41, 5.74) is 1.29. The molecule has 0 amide bonds. The van der Waals surface area contributed by atoms with E-state index in [1.807, 2.05) is 7.05 Å². The molecule has 5 nitrogen and oxygen atoms in total. The number of aliphatic hydroxyl groups excluding tert-OH is 1. The molecule has 1 fully saturated rings. The zero-order valence-electron chi connectivity index (χ0n) is 17.3. The molecule has 1 aromatic rings. The predicted octanol–water partition coefficient (Wildman–Crippen LogP) is 3.25. The minimum absolute atomic E-state index is 0.213. The quantitative estimate of drug-likeness (QED) is 0.432. The zero-order chi connectivity index (χ0) is 19.9. The van der Waals surface area contributed by atoms with Gasteiger partial charge in [0.2, 0.25) is 0 Å². The first kappa shape index (κ1) is 23.6. The second kappa shape index (κ2) is 14.6. The number of likely N-dealkylation sites (N-methyl/N-ethyl adjacent to an activating group) is 1. The standard InChI is InChI=1S/C18H27NO2.C4H11NO/c1-2-3-4-5-6-11-21-18-9-7-16(8-10-18)12-19-13-17(14-19)15-20;1-4(6)3-5-2/h7-10,15,17H,2-6,11-14H2,1H3;4-6H,3H2,1-2H3. The number of hydrogen-bond donors (Lipinski definition) is 2. The van der Waals surface area contributed by atoms with Crippen LogP contribution in [0.3, 0.4) is 0 Å². The van der Waals surface area contributed by atoms with Gasteiger partial charge in [-0.2, -0.15) is 0 Å². The van der Waals surface area contributed by atoms with Crippen LogP contribution >= 0.6 is 0 Å². The highest BCUT2D eigenvalue weighted by Crippen LogP contribution is 2.19. The van der Waals surface area contributed by atoms with Crippen molar-refractivity contribution in [3.63, 3.8) is 0 Å². The highest BCUT2D eigenvalue weighted by molar-refractivity contribution is 5.55. The van der Waals surface area contributed by atoms with E-state index in [9.17, 15) is 4.79 Å². The lowest BCUT2D eigenvalue weighted by atomic mass is 10.0. The van der Waals surface area contributed by atoms with Crippen LogP contribution in [0.4, 0.5) is 0 Å². The van der Waals surface area contributed by atoms with Crippen LogP contribution in [0.5, 0.6) is 5.75 Å². The summed E-state index contributed by atoms with van der Waals surface area (Å²) in [6, 6.07) is 8.36. The lowest BCUT2D eigenvalue weighted by Gasteiger charge is -2.36. The number of carbonyl (C=O) groups excluding carboxylic acids is 1. The average molecular weight is 379 g/mol. The molecule has 1 heterocycles. The number of carbonyl (C=O) groups is 1. The molecule has 1 aliphatic rings. The average Bonchev–Trinajstić information content (AvgIpc) is 2.62. The van der Waals surface area contributed by atoms with Gasteiger partial charge in [-0.05, 0) is 38.1 Å². The summed E-state index contributed by atoms with van der Waals surface area (Å²) < 4.78 is 5.76. The Kier molecular flexibility index (Phi) is 12.8. The third-order valence-corrected chi connectivity index (χ3v) is 4.52. The molecule has 1 aromatic carbocycles. The molecule has 0 saturated carbocycles. The molecule has 5 heteroatoms. The highest BCUT2D eigenvalue weighted by Gasteiger charge is 2.25. The fraction of sp³-hybridized carbons (Fsp3) is 0.682. The van der Waals surface area contributed by atoms with Crippen LogP contribution in [0.2, 0.25) is 0 Å². The number of nitrogens with one attached hydrogen (secondary N) is 1. The second-order valence-electron chi connectivity index (χ2n) is 7.40. The first-order valence-corrected chi connectivity index (χ1v) is 10.3. The van der Waals surface area contributed by atoms with Gasteiger partial charge in [0.15, 0.2) is 0 Å². The van der Waals surface area contributed by atoms with E-state index >= 15 is 0 Å². The van der Waals surface area contributed by atoms with Gasteiger partial charge in [0, 0.05) is 32.1 Å². The second-order valence-corrected chi connectivity index (χ2v) is 7.40. The van der Waals surface area contributed by atoms with Crippen LogP contribution in [0.15, 0.2) is 24.3 Å². The molecule has 1 unspecified atom stereocenters. The van der Waals surface area contributed by atoms with Gasteiger partial charge in [-0.25, -0.2) is 0 Å². The number of aldehydes is 1. The number of ether oxygens (including phenoxy) is 1. The molecular formula is C22H38N2O3. The van der Waals surface area contributed by atoms with Gasteiger partial charge in [0.05, 0.1) is 12.7 Å². The number of benzene rings is 1. The maximum Gasteiger partial charge on any atom is 0.125 e. The van der Waals surface area contributed by atoms with Crippen molar-refractivity contribution < 1.29 is 14.6 Å². The van der Waals surface area contributed by atoms with Gasteiger partial charge >= 0.3 is 0 Å². The van der Waals surface area contributed by atoms with Crippen molar-refractivity contribution in [1.82, 2.24) is 10.2 Å². The van der Waals surface area contributed by atoms with Crippen LogP contribution in [-0.2, 0) is 11.3 Å². The molecule has 2 rings (SSSR count). The molecule has 0 aliphatic carbocycles. The fourth-order valence-electron chi connectivity index (χ4n) is 2.97. The molecule has 0 bridgehead atoms. The molecule has 2 N–H and O–H groups in total. The lowest BCUT2D eigenvalue weighted by Crippen LogP contribution is -2.46. The number of likely N-dealkylation sites (tertiary alicyclic amines) is 1. The summed E-state index contributed by atoms with van der Waals surface area (Å²) >= 11 is 0. The zero-order valence-corrected chi connectivity index (χ0v) is 17.3. The number of aliphatic hydroxyl groups is 1. The van der Waals surface area contributed by atoms with Gasteiger partial charge in [-0.1, -0.05) is 44.7 Å². The van der Waals surface area contributed by atoms with Crippen molar-refractivity contribution in [3.8, 4) is 5.75 Å². The molecule has 1 atom stereocenters. The van der Waals surface area contributed by atoms with E-state index < -0.39 is 0 Å². The minimum Gasteiger partial charge on any atom is -0.494 e. The number of unbranched alkanes of at least 4 members (excludes halogenated alkanes) is 4. The summed E-state index contributed by atoms with van der Waals surface area (Å²) in [4.78, 5) is 12.9. The van der Waals surface area contributed by atoms with Gasteiger partial charge < -0.3 is 20.0 Å². The van der Waals surface area contributed by atoms with E-state index in [2.05, 4.69) is 41.4 Å². The third kappa shape index (κ3) is 11.1. The molecule has 27 heavy (non-hydrogen) atoms. The Balaban J connectivity index is 0.000000527. The summed E-state index contributed by atoms with van der Waals surface area (Å²) in [6.45, 7) is 8.21. The van der Waals surface area contributed by atoms with Crippen molar-refractivity contribution in [2.24, 2.45) is 5.92 Å². The summed E-state index contributed by atoms with van der Waals surface area (Å²) in [7, 11) is 1.81. The number of rotatable bonds is 12. The van der Waals surface area contributed by atoms with Gasteiger partial charge in [-0.15, -0.1) is 0 Å². The highest BCUT2D eigenvalue weighted by atomic mass is 16.5. The van der Waals surface area contributed by atoms with E-state index in [1.54, 1.807) is 6.92 Å². The molecule has 1 saturated heterocycles. The maximum atomic E-state index is 10.6. The van der Waals surface area contributed by atoms with Crippen molar-refractivity contribution in [1.29, 1.82) is 0 Å². The monoisotopic (exact) mass is 378 g/mol. The third-order valence-electron chi connectivity index (χ3n) is 4.52. The summed E-state index contributed by atoms with van der Waals surface area (Å²) in [6.07, 6.45) is 7.18. The summed E-state index contributed by atoms with van der Waals surface area (Å²) in [5.74, 6) is 1.21. The first-order valence-electron chi connectivity index (χ1n) is 10.3. The molecule has 1 aliphatic heterocycles. The fourth-order valence-corrected chi connectivity index (χ4v) is 2.97. The van der Waals surface area contributed by atoms with Gasteiger partial charge in [0.1, 0.15) is 12.0 Å². The van der Waals surface area contributed by atoms with Crippen molar-refractivity contribution in [3.05, 3.63) is 29.8 Å². The molecule has 0 radical (unpaired) electrons. The number of hydrogen-bond acceptors (Lipinski definition) is 5. The van der Waals surface area contributed by atoms with Crippen LogP contribution in [-0.4, -0.2) is 55.7 Å². The normalized spacial score (nSPS) is 15.4. The molecule has 0 spiro atoms. The van der Waals surface area contributed by atoms with E-state index in [0.29, 0.717) is 6.54 Å². The van der Waals surface area contributed by atoms with Crippen molar-refractivity contribution in [2.45, 2.75) is 58.6 Å². The van der Waals surface area contributed by atoms with E-state index in [-0.39, 0.29) is 12.0 Å². The predicted molar refractivity (Wildman–Crippen MR) is 111 cm³/mol. The topological polar surface area (TPSA) is 61.8 Å². The van der Waals surface area contributed by atoms with Crippen LogP contribution < -0.4 is 10.1 Å². The Hall–Kier alpha value is -1.43. The van der Waals surface area contributed by atoms with E-state index in [4.69, 9.17) is 9.84 Å². The minimum atomic E-state index is -0.213. The van der Waals surface area contributed by atoms with E-state index in [1.165, 1.54) is 31.2 Å². The van der Waals surface area contributed by atoms with Crippen LogP contribution in [0, 0.1) is 5.92 Å².